The quantitative estimate of drug-likeness (QED) is 0.868. The van der Waals surface area contributed by atoms with Crippen LogP contribution in [0.4, 0.5) is 0 Å². The summed E-state index contributed by atoms with van der Waals surface area (Å²) in [5.41, 5.74) is 1.98. The van der Waals surface area contributed by atoms with E-state index in [1.165, 1.54) is 0 Å². The van der Waals surface area contributed by atoms with E-state index in [1.54, 1.807) is 11.0 Å². The molecule has 0 aliphatic carbocycles. The average molecular weight is 372 g/mol. The summed E-state index contributed by atoms with van der Waals surface area (Å²) in [5, 5.41) is 10.2. The van der Waals surface area contributed by atoms with Gasteiger partial charge in [0, 0.05) is 29.9 Å². The minimum Gasteiger partial charge on any atom is -0.481 e. The molecular weight excluding hydrogens is 350 g/mol. The Bertz CT molecular complexity index is 793. The van der Waals surface area contributed by atoms with Crippen LogP contribution in [0.5, 0.6) is 0 Å². The number of benzene rings is 2. The van der Waals surface area contributed by atoms with Crippen molar-refractivity contribution in [2.24, 2.45) is 11.8 Å². The first-order chi connectivity index (χ1) is 12.5. The summed E-state index contributed by atoms with van der Waals surface area (Å²) in [6.45, 7) is 2.59. The van der Waals surface area contributed by atoms with Gasteiger partial charge in [-0.2, -0.15) is 0 Å². The summed E-state index contributed by atoms with van der Waals surface area (Å²) in [7, 11) is 0. The number of carboxylic acid groups (broad SMARTS) is 1. The molecule has 0 spiro atoms. The van der Waals surface area contributed by atoms with Crippen molar-refractivity contribution in [2.75, 3.05) is 13.1 Å². The molecule has 1 amide bonds. The Hall–Kier alpha value is -2.33. The number of hydrogen-bond acceptors (Lipinski definition) is 2. The number of halogens is 1. The average Bonchev–Trinajstić information content (AvgIpc) is 3.07. The van der Waals surface area contributed by atoms with Gasteiger partial charge in [0.25, 0.3) is 0 Å². The molecule has 0 saturated carbocycles. The second-order valence-corrected chi connectivity index (χ2v) is 7.38. The standard InChI is InChI=1S/C21H22ClNO3/c1-14(10-15-6-5-9-17(22)11-15)20(24)23-12-18(19(13-23)21(25)26)16-7-3-2-4-8-16/h2-9,11,14,18-19H,10,12-13H2,1H3,(H,25,26). The fraction of sp³-hybridized carbons (Fsp3) is 0.333. The first kappa shape index (κ1) is 18.5. The van der Waals surface area contributed by atoms with Crippen molar-refractivity contribution < 1.29 is 14.7 Å². The SMILES string of the molecule is CC(Cc1cccc(Cl)c1)C(=O)N1CC(C(=O)O)C(c2ccccc2)C1. The van der Waals surface area contributed by atoms with E-state index in [4.69, 9.17) is 11.6 Å². The minimum atomic E-state index is -0.850. The highest BCUT2D eigenvalue weighted by atomic mass is 35.5. The molecule has 2 aromatic carbocycles. The van der Waals surface area contributed by atoms with Gasteiger partial charge in [-0.3, -0.25) is 9.59 Å². The molecule has 1 fully saturated rings. The Kier molecular flexibility index (Phi) is 5.62. The minimum absolute atomic E-state index is 0.00495. The van der Waals surface area contributed by atoms with Crippen LogP contribution in [0.2, 0.25) is 5.02 Å². The number of carboxylic acids is 1. The number of amides is 1. The highest BCUT2D eigenvalue weighted by molar-refractivity contribution is 6.30. The van der Waals surface area contributed by atoms with Crippen LogP contribution in [0.15, 0.2) is 54.6 Å². The molecule has 0 bridgehead atoms. The van der Waals surface area contributed by atoms with Crippen LogP contribution in [0.1, 0.15) is 24.0 Å². The Morgan fingerprint density at radius 1 is 1.15 bits per heavy atom. The van der Waals surface area contributed by atoms with Crippen molar-refractivity contribution >= 4 is 23.5 Å². The summed E-state index contributed by atoms with van der Waals surface area (Å²) in [5.74, 6) is -1.82. The van der Waals surface area contributed by atoms with Crippen molar-refractivity contribution in [2.45, 2.75) is 19.3 Å². The Labute approximate surface area is 158 Å². The molecule has 3 atom stereocenters. The fourth-order valence-electron chi connectivity index (χ4n) is 3.69. The lowest BCUT2D eigenvalue weighted by molar-refractivity contribution is -0.142. The normalized spacial score (nSPS) is 20.8. The number of hydrogen-bond donors (Lipinski definition) is 1. The smallest absolute Gasteiger partial charge is 0.308 e. The van der Waals surface area contributed by atoms with Gasteiger partial charge in [-0.25, -0.2) is 0 Å². The first-order valence-electron chi connectivity index (χ1n) is 8.76. The van der Waals surface area contributed by atoms with Crippen LogP contribution in [-0.4, -0.2) is 35.0 Å². The lowest BCUT2D eigenvalue weighted by Gasteiger charge is -2.21. The van der Waals surface area contributed by atoms with Crippen LogP contribution in [0.25, 0.3) is 0 Å². The van der Waals surface area contributed by atoms with E-state index in [1.807, 2.05) is 55.5 Å². The molecule has 0 aromatic heterocycles. The van der Waals surface area contributed by atoms with Crippen LogP contribution >= 0.6 is 11.6 Å². The third-order valence-corrected chi connectivity index (χ3v) is 5.26. The van der Waals surface area contributed by atoms with E-state index in [9.17, 15) is 14.7 Å². The van der Waals surface area contributed by atoms with E-state index in [0.717, 1.165) is 11.1 Å². The van der Waals surface area contributed by atoms with E-state index < -0.39 is 11.9 Å². The molecule has 1 heterocycles. The molecule has 3 rings (SSSR count). The molecule has 1 aliphatic rings. The zero-order chi connectivity index (χ0) is 18.7. The summed E-state index contributed by atoms with van der Waals surface area (Å²) in [6, 6.07) is 17.1. The monoisotopic (exact) mass is 371 g/mol. The third kappa shape index (κ3) is 4.07. The van der Waals surface area contributed by atoms with Crippen LogP contribution < -0.4 is 0 Å². The number of aliphatic carboxylic acids is 1. The van der Waals surface area contributed by atoms with Crippen molar-refractivity contribution in [3.8, 4) is 0 Å². The summed E-state index contributed by atoms with van der Waals surface area (Å²) >= 11 is 6.02. The lowest BCUT2D eigenvalue weighted by Crippen LogP contribution is -2.35. The number of nitrogens with zero attached hydrogens (tertiary/aromatic N) is 1. The molecule has 3 unspecified atom stereocenters. The molecular formula is C21H22ClNO3. The first-order valence-corrected chi connectivity index (χ1v) is 9.14. The molecule has 0 radical (unpaired) electrons. The molecule has 136 valence electrons. The lowest BCUT2D eigenvalue weighted by atomic mass is 9.89. The highest BCUT2D eigenvalue weighted by Gasteiger charge is 2.41. The van der Waals surface area contributed by atoms with E-state index in [-0.39, 0.29) is 24.3 Å². The molecule has 1 N–H and O–H groups in total. The van der Waals surface area contributed by atoms with Crippen molar-refractivity contribution in [1.29, 1.82) is 0 Å². The van der Waals surface area contributed by atoms with Crippen molar-refractivity contribution in [3.63, 3.8) is 0 Å². The summed E-state index contributed by atoms with van der Waals surface area (Å²) in [6.07, 6.45) is 0.587. The van der Waals surface area contributed by atoms with Gasteiger partial charge in [-0.15, -0.1) is 0 Å². The van der Waals surface area contributed by atoms with Crippen LogP contribution in [-0.2, 0) is 16.0 Å². The maximum absolute atomic E-state index is 12.9. The summed E-state index contributed by atoms with van der Waals surface area (Å²) in [4.78, 5) is 26.3. The molecule has 1 saturated heterocycles. The predicted molar refractivity (Wildman–Crippen MR) is 101 cm³/mol. The van der Waals surface area contributed by atoms with Gasteiger partial charge in [-0.05, 0) is 29.7 Å². The summed E-state index contributed by atoms with van der Waals surface area (Å²) < 4.78 is 0. The van der Waals surface area contributed by atoms with E-state index in [2.05, 4.69) is 0 Å². The van der Waals surface area contributed by atoms with Crippen molar-refractivity contribution in [1.82, 2.24) is 4.90 Å². The van der Waals surface area contributed by atoms with Gasteiger partial charge < -0.3 is 10.0 Å². The van der Waals surface area contributed by atoms with Gasteiger partial charge >= 0.3 is 5.97 Å². The largest absolute Gasteiger partial charge is 0.481 e. The fourth-order valence-corrected chi connectivity index (χ4v) is 3.90. The molecule has 4 nitrogen and oxygen atoms in total. The molecule has 5 heteroatoms. The van der Waals surface area contributed by atoms with Crippen LogP contribution in [0.3, 0.4) is 0 Å². The second-order valence-electron chi connectivity index (χ2n) is 6.94. The molecule has 1 aliphatic heterocycles. The van der Waals surface area contributed by atoms with Crippen molar-refractivity contribution in [3.05, 3.63) is 70.7 Å². The van der Waals surface area contributed by atoms with Gasteiger partial charge in [0.2, 0.25) is 5.91 Å². The molecule has 2 aromatic rings. The van der Waals surface area contributed by atoms with Gasteiger partial charge in [0.15, 0.2) is 0 Å². The van der Waals surface area contributed by atoms with Gasteiger partial charge in [0.1, 0.15) is 0 Å². The highest BCUT2D eigenvalue weighted by Crippen LogP contribution is 2.33. The van der Waals surface area contributed by atoms with Gasteiger partial charge in [0.05, 0.1) is 5.92 Å². The Morgan fingerprint density at radius 3 is 2.54 bits per heavy atom. The molecule has 26 heavy (non-hydrogen) atoms. The van der Waals surface area contributed by atoms with E-state index >= 15 is 0 Å². The second kappa shape index (κ2) is 7.92. The topological polar surface area (TPSA) is 57.6 Å². The van der Waals surface area contributed by atoms with Gasteiger partial charge in [-0.1, -0.05) is 61.0 Å². The van der Waals surface area contributed by atoms with E-state index in [0.29, 0.717) is 18.0 Å². The predicted octanol–water partition coefficient (Wildman–Crippen LogP) is 3.85. The zero-order valence-corrected chi connectivity index (χ0v) is 15.4. The van der Waals surface area contributed by atoms with Crippen LogP contribution in [0, 0.1) is 11.8 Å². The number of likely N-dealkylation sites (tertiary alicyclic amines) is 1. The zero-order valence-electron chi connectivity index (χ0n) is 14.6. The maximum Gasteiger partial charge on any atom is 0.308 e. The Morgan fingerprint density at radius 2 is 1.88 bits per heavy atom. The Balaban J connectivity index is 1.72. The number of carbonyl (C=O) groups excluding carboxylic acids is 1. The number of rotatable bonds is 5. The maximum atomic E-state index is 12.9. The third-order valence-electron chi connectivity index (χ3n) is 5.03. The number of carbonyl (C=O) groups is 2.